The van der Waals surface area contributed by atoms with Gasteiger partial charge in [-0.2, -0.15) is 0 Å². The largest absolute Gasteiger partial charge is 0.496 e. The Hall–Kier alpha value is -2.15. The van der Waals surface area contributed by atoms with Crippen molar-refractivity contribution in [2.45, 2.75) is 0 Å². The molecule has 0 spiro atoms. The van der Waals surface area contributed by atoms with Crippen LogP contribution in [0.3, 0.4) is 0 Å². The topological polar surface area (TPSA) is 38.3 Å². The van der Waals surface area contributed by atoms with Crippen LogP contribution in [0, 0.1) is 9.39 Å². The molecule has 23 heavy (non-hydrogen) atoms. The molecule has 0 fully saturated rings. The summed E-state index contributed by atoms with van der Waals surface area (Å²) in [5.74, 6) is -0.426. The zero-order valence-corrected chi connectivity index (χ0v) is 14.4. The fourth-order valence-electron chi connectivity index (χ4n) is 2.35. The van der Waals surface area contributed by atoms with Crippen molar-refractivity contribution < 1.29 is 13.9 Å². The summed E-state index contributed by atoms with van der Waals surface area (Å²) in [6.45, 7) is 0. The van der Waals surface area contributed by atoms with Crippen molar-refractivity contribution in [3.05, 3.63) is 69.5 Å². The molecule has 0 saturated carbocycles. The Bertz CT molecular complexity index is 895. The minimum atomic E-state index is -0.468. The zero-order chi connectivity index (χ0) is 16.4. The molecule has 0 aliphatic carbocycles. The van der Waals surface area contributed by atoms with Crippen LogP contribution >= 0.6 is 22.6 Å². The van der Waals surface area contributed by atoms with E-state index in [-0.39, 0.29) is 5.69 Å². The molecular weight excluding hydrogens is 408 g/mol. The second-order valence-corrected chi connectivity index (χ2v) is 6.22. The molecule has 0 bridgehead atoms. The number of halogens is 2. The van der Waals surface area contributed by atoms with Gasteiger partial charge in [-0.25, -0.2) is 4.39 Å². The van der Waals surface area contributed by atoms with Crippen LogP contribution in [0.25, 0.3) is 10.8 Å². The molecule has 1 amide bonds. The maximum Gasteiger partial charge on any atom is 0.259 e. The molecule has 0 radical (unpaired) electrons. The smallest absolute Gasteiger partial charge is 0.259 e. The molecule has 3 rings (SSSR count). The first kappa shape index (κ1) is 15.7. The summed E-state index contributed by atoms with van der Waals surface area (Å²) in [6, 6.07) is 15.9. The van der Waals surface area contributed by atoms with E-state index in [1.54, 1.807) is 24.3 Å². The van der Waals surface area contributed by atoms with Crippen LogP contribution in [-0.4, -0.2) is 13.0 Å². The molecule has 0 aliphatic heterocycles. The van der Waals surface area contributed by atoms with E-state index in [9.17, 15) is 9.18 Å². The quantitative estimate of drug-likeness (QED) is 0.615. The van der Waals surface area contributed by atoms with Gasteiger partial charge in [-0.15, -0.1) is 0 Å². The van der Waals surface area contributed by atoms with Crippen LogP contribution in [0.4, 0.5) is 10.1 Å². The Morgan fingerprint density at radius 2 is 1.78 bits per heavy atom. The lowest BCUT2D eigenvalue weighted by molar-refractivity contribution is 0.102. The Morgan fingerprint density at radius 1 is 1.09 bits per heavy atom. The van der Waals surface area contributed by atoms with E-state index in [1.807, 2.05) is 46.9 Å². The van der Waals surface area contributed by atoms with Crippen molar-refractivity contribution >= 4 is 45.0 Å². The first-order chi connectivity index (χ1) is 11.1. The van der Waals surface area contributed by atoms with Crippen molar-refractivity contribution in [1.29, 1.82) is 0 Å². The molecule has 3 nitrogen and oxygen atoms in total. The van der Waals surface area contributed by atoms with E-state index in [1.165, 1.54) is 13.2 Å². The van der Waals surface area contributed by atoms with Crippen molar-refractivity contribution in [2.24, 2.45) is 0 Å². The van der Waals surface area contributed by atoms with Crippen molar-refractivity contribution in [1.82, 2.24) is 0 Å². The number of rotatable bonds is 3. The molecule has 0 unspecified atom stereocenters. The fourth-order valence-corrected chi connectivity index (χ4v) is 2.80. The third kappa shape index (κ3) is 3.29. The summed E-state index contributed by atoms with van der Waals surface area (Å²) in [5, 5.41) is 4.49. The van der Waals surface area contributed by atoms with Crippen LogP contribution in [0.2, 0.25) is 0 Å². The molecular formula is C18H13FINO2. The first-order valence-electron chi connectivity index (χ1n) is 6.91. The van der Waals surface area contributed by atoms with E-state index in [0.717, 1.165) is 14.3 Å². The molecule has 0 atom stereocenters. The molecule has 5 heteroatoms. The van der Waals surface area contributed by atoms with Crippen molar-refractivity contribution in [3.8, 4) is 5.75 Å². The molecule has 0 saturated heterocycles. The summed E-state index contributed by atoms with van der Waals surface area (Å²) >= 11 is 2.02. The third-order valence-corrected chi connectivity index (χ3v) is 4.16. The van der Waals surface area contributed by atoms with Gasteiger partial charge in [0.05, 0.1) is 18.4 Å². The lowest BCUT2D eigenvalue weighted by Gasteiger charge is -2.11. The summed E-state index contributed by atoms with van der Waals surface area (Å²) < 4.78 is 20.0. The van der Waals surface area contributed by atoms with Gasteiger partial charge in [-0.05, 0) is 63.7 Å². The van der Waals surface area contributed by atoms with Gasteiger partial charge in [-0.3, -0.25) is 4.79 Å². The monoisotopic (exact) mass is 421 g/mol. The van der Waals surface area contributed by atoms with Gasteiger partial charge in [0, 0.05) is 3.57 Å². The lowest BCUT2D eigenvalue weighted by atomic mass is 10.1. The maximum atomic E-state index is 13.9. The number of amides is 1. The van der Waals surface area contributed by atoms with E-state index in [0.29, 0.717) is 11.3 Å². The Kier molecular flexibility index (Phi) is 4.47. The van der Waals surface area contributed by atoms with E-state index in [2.05, 4.69) is 5.32 Å². The molecule has 1 N–H and O–H groups in total. The van der Waals surface area contributed by atoms with Gasteiger partial charge in [0.25, 0.3) is 5.91 Å². The summed E-state index contributed by atoms with van der Waals surface area (Å²) in [5.41, 5.74) is 0.509. The highest BCUT2D eigenvalue weighted by atomic mass is 127. The van der Waals surface area contributed by atoms with Crippen LogP contribution in [-0.2, 0) is 0 Å². The second kappa shape index (κ2) is 6.54. The number of benzene rings is 3. The molecule has 3 aromatic rings. The standard InChI is InChI=1S/C18H13FINO2/c1-23-17-9-12-5-3-2-4-11(12)8-14(17)18(22)21-16-7-6-13(20)10-15(16)19/h2-10H,1H3,(H,21,22). The Morgan fingerprint density at radius 3 is 2.43 bits per heavy atom. The summed E-state index contributed by atoms with van der Waals surface area (Å²) in [7, 11) is 1.51. The second-order valence-electron chi connectivity index (χ2n) is 4.98. The van der Waals surface area contributed by atoms with Crippen molar-refractivity contribution in [3.63, 3.8) is 0 Å². The number of fused-ring (bicyclic) bond motifs is 1. The van der Waals surface area contributed by atoms with Gasteiger partial charge >= 0.3 is 0 Å². The van der Waals surface area contributed by atoms with E-state index in [4.69, 9.17) is 4.74 Å². The van der Waals surface area contributed by atoms with E-state index >= 15 is 0 Å². The van der Waals surface area contributed by atoms with Gasteiger partial charge in [0.2, 0.25) is 0 Å². The molecule has 0 aromatic heterocycles. The molecule has 116 valence electrons. The fraction of sp³-hybridized carbons (Fsp3) is 0.0556. The van der Waals surface area contributed by atoms with Gasteiger partial charge in [0.15, 0.2) is 0 Å². The Balaban J connectivity index is 1.99. The lowest BCUT2D eigenvalue weighted by Crippen LogP contribution is -2.14. The van der Waals surface area contributed by atoms with Crippen LogP contribution in [0.15, 0.2) is 54.6 Å². The SMILES string of the molecule is COc1cc2ccccc2cc1C(=O)Nc1ccc(I)cc1F. The molecule has 3 aromatic carbocycles. The van der Waals surface area contributed by atoms with Gasteiger partial charge < -0.3 is 10.1 Å². The highest BCUT2D eigenvalue weighted by Gasteiger charge is 2.15. The number of carbonyl (C=O) groups excluding carboxylic acids is 1. The predicted molar refractivity (Wildman–Crippen MR) is 97.6 cm³/mol. The van der Waals surface area contributed by atoms with Gasteiger partial charge in [-0.1, -0.05) is 24.3 Å². The van der Waals surface area contributed by atoms with E-state index < -0.39 is 11.7 Å². The van der Waals surface area contributed by atoms with Crippen LogP contribution in [0.1, 0.15) is 10.4 Å². The summed E-state index contributed by atoms with van der Waals surface area (Å²) in [4.78, 5) is 12.5. The predicted octanol–water partition coefficient (Wildman–Crippen LogP) is 4.84. The molecule has 0 aliphatic rings. The number of hydrogen-bond donors (Lipinski definition) is 1. The number of anilines is 1. The van der Waals surface area contributed by atoms with Crippen LogP contribution in [0.5, 0.6) is 5.75 Å². The molecule has 0 heterocycles. The number of carbonyl (C=O) groups is 1. The highest BCUT2D eigenvalue weighted by molar-refractivity contribution is 14.1. The number of nitrogens with one attached hydrogen (secondary N) is 1. The van der Waals surface area contributed by atoms with Gasteiger partial charge in [0.1, 0.15) is 11.6 Å². The third-order valence-electron chi connectivity index (χ3n) is 3.49. The number of ether oxygens (including phenoxy) is 1. The summed E-state index contributed by atoms with van der Waals surface area (Å²) in [6.07, 6.45) is 0. The van der Waals surface area contributed by atoms with Crippen LogP contribution < -0.4 is 10.1 Å². The maximum absolute atomic E-state index is 13.9. The zero-order valence-electron chi connectivity index (χ0n) is 12.3. The average Bonchev–Trinajstić information content (AvgIpc) is 2.56. The Labute approximate surface area is 146 Å². The first-order valence-corrected chi connectivity index (χ1v) is 7.99. The minimum absolute atomic E-state index is 0.144. The normalized spacial score (nSPS) is 10.6. The highest BCUT2D eigenvalue weighted by Crippen LogP contribution is 2.27. The average molecular weight is 421 g/mol. The minimum Gasteiger partial charge on any atom is -0.496 e. The number of methoxy groups -OCH3 is 1. The van der Waals surface area contributed by atoms with Crippen molar-refractivity contribution in [2.75, 3.05) is 12.4 Å². The number of hydrogen-bond acceptors (Lipinski definition) is 2.